The number of hydrogen-bond donors (Lipinski definition) is 3. The fraction of sp³-hybridized carbons (Fsp3) is 0.560. The first-order valence-corrected chi connectivity index (χ1v) is 13.2. The minimum absolute atomic E-state index is 0.0156. The zero-order chi connectivity index (χ0) is 30.3. The number of piperazine rings is 1. The number of carbonyl (C=O) groups excluding carboxylic acids is 2. The van der Waals surface area contributed by atoms with Crippen LogP contribution in [0.2, 0.25) is 0 Å². The van der Waals surface area contributed by atoms with Gasteiger partial charge in [0.25, 0.3) is 0 Å². The Morgan fingerprint density at radius 3 is 2.36 bits per heavy atom. The maximum absolute atomic E-state index is 13.6. The SMILES string of the molecule is O=C1NNCC(N[C@H](COCCC(=O)N2CCN(c3ncc(C(F)(F)F)cn3)CC2)Cc2ccncc2)C1C(F)(F)F. The predicted molar refractivity (Wildman–Crippen MR) is 136 cm³/mol. The molecule has 2 fully saturated rings. The number of nitrogens with zero attached hydrogens (tertiary/aromatic N) is 5. The zero-order valence-electron chi connectivity index (χ0n) is 22.3. The molecule has 4 rings (SSSR count). The quantitative estimate of drug-likeness (QED) is 0.272. The van der Waals surface area contributed by atoms with Crippen molar-refractivity contribution in [3.63, 3.8) is 0 Å². The lowest BCUT2D eigenvalue weighted by atomic mass is 9.95. The third kappa shape index (κ3) is 8.48. The van der Waals surface area contributed by atoms with Crippen molar-refractivity contribution in [2.45, 2.75) is 37.3 Å². The van der Waals surface area contributed by atoms with Crippen molar-refractivity contribution >= 4 is 17.8 Å². The van der Waals surface area contributed by atoms with Crippen LogP contribution in [0.15, 0.2) is 36.9 Å². The summed E-state index contributed by atoms with van der Waals surface area (Å²) in [6.45, 7) is 1.14. The molecule has 2 aliphatic heterocycles. The van der Waals surface area contributed by atoms with Crippen molar-refractivity contribution in [2.24, 2.45) is 5.92 Å². The maximum atomic E-state index is 13.6. The van der Waals surface area contributed by atoms with E-state index in [1.807, 2.05) is 5.43 Å². The number of amides is 2. The van der Waals surface area contributed by atoms with E-state index in [-0.39, 0.29) is 38.0 Å². The lowest BCUT2D eigenvalue weighted by molar-refractivity contribution is -0.193. The van der Waals surface area contributed by atoms with E-state index in [0.717, 1.165) is 18.0 Å². The molecule has 2 amide bonds. The van der Waals surface area contributed by atoms with Crippen LogP contribution in [0.3, 0.4) is 0 Å². The topological polar surface area (TPSA) is 125 Å². The summed E-state index contributed by atoms with van der Waals surface area (Å²) in [7, 11) is 0. The van der Waals surface area contributed by atoms with Crippen LogP contribution in [0.4, 0.5) is 32.3 Å². The summed E-state index contributed by atoms with van der Waals surface area (Å²) in [6, 6.07) is 1.61. The average molecular weight is 605 g/mol. The third-order valence-corrected chi connectivity index (χ3v) is 6.91. The lowest BCUT2D eigenvalue weighted by Crippen LogP contribution is -2.65. The molecule has 0 radical (unpaired) electrons. The van der Waals surface area contributed by atoms with Crippen LogP contribution < -0.4 is 21.1 Å². The van der Waals surface area contributed by atoms with Gasteiger partial charge in [0.15, 0.2) is 5.92 Å². The standard InChI is InChI=1S/C25H30F6N8O3/c26-24(27,28)17-12-33-23(34-13-17)39-8-6-38(7-9-39)20(40)3-10-42-15-18(11-16-1-4-32-5-2-16)36-19-14-35-37-22(41)21(19)25(29,30)31/h1-2,4-5,12-13,18-19,21,35-36H,3,6-11,14-15H2,(H,37,41)/t18-,19?,21?/m0/s1. The molecule has 0 saturated carbocycles. The van der Waals surface area contributed by atoms with E-state index in [4.69, 9.17) is 4.74 Å². The molecule has 0 spiro atoms. The maximum Gasteiger partial charge on any atom is 0.419 e. The molecule has 3 atom stereocenters. The Morgan fingerprint density at radius 1 is 1.07 bits per heavy atom. The first-order chi connectivity index (χ1) is 19.9. The average Bonchev–Trinajstić information content (AvgIpc) is 2.95. The highest BCUT2D eigenvalue weighted by atomic mass is 19.4. The van der Waals surface area contributed by atoms with E-state index in [1.54, 1.807) is 34.3 Å². The Labute approximate surface area is 237 Å². The summed E-state index contributed by atoms with van der Waals surface area (Å²) >= 11 is 0. The monoisotopic (exact) mass is 604 g/mol. The van der Waals surface area contributed by atoms with E-state index >= 15 is 0 Å². The molecule has 0 bridgehead atoms. The second kappa shape index (κ2) is 13.6. The number of hydrazine groups is 1. The molecule has 17 heteroatoms. The predicted octanol–water partition coefficient (Wildman–Crippen LogP) is 1.33. The number of aromatic nitrogens is 3. The molecule has 2 aromatic heterocycles. The summed E-state index contributed by atoms with van der Waals surface area (Å²) in [5, 5.41) is 2.91. The molecule has 2 unspecified atom stereocenters. The Kier molecular flexibility index (Phi) is 10.2. The number of nitrogens with one attached hydrogen (secondary N) is 3. The number of alkyl halides is 6. The summed E-state index contributed by atoms with van der Waals surface area (Å²) in [5.41, 5.74) is 4.36. The molecule has 42 heavy (non-hydrogen) atoms. The van der Waals surface area contributed by atoms with Crippen molar-refractivity contribution in [3.8, 4) is 0 Å². The molecular weight excluding hydrogens is 574 g/mol. The third-order valence-electron chi connectivity index (χ3n) is 6.91. The molecule has 2 aliphatic rings. The van der Waals surface area contributed by atoms with Crippen LogP contribution in [-0.2, 0) is 26.9 Å². The molecular formula is C25H30F6N8O3. The number of rotatable bonds is 10. The number of anilines is 1. The van der Waals surface area contributed by atoms with Crippen LogP contribution in [0.5, 0.6) is 0 Å². The molecule has 4 heterocycles. The van der Waals surface area contributed by atoms with Crippen molar-refractivity contribution in [1.29, 1.82) is 0 Å². The van der Waals surface area contributed by atoms with Gasteiger partial charge in [0.05, 0.1) is 25.2 Å². The second-order valence-corrected chi connectivity index (χ2v) is 9.88. The minimum atomic E-state index is -4.75. The van der Waals surface area contributed by atoms with Crippen LogP contribution in [-0.4, -0.2) is 95.9 Å². The normalized spacial score (nSPS) is 20.8. The number of ether oxygens (including phenoxy) is 1. The summed E-state index contributed by atoms with van der Waals surface area (Å²) in [5.74, 6) is -3.48. The fourth-order valence-corrected chi connectivity index (χ4v) is 4.76. The Hall–Kier alpha value is -3.57. The van der Waals surface area contributed by atoms with Gasteiger partial charge in [-0.25, -0.2) is 15.4 Å². The smallest absolute Gasteiger partial charge is 0.379 e. The van der Waals surface area contributed by atoms with Gasteiger partial charge in [-0.15, -0.1) is 0 Å². The van der Waals surface area contributed by atoms with Gasteiger partial charge >= 0.3 is 12.4 Å². The minimum Gasteiger partial charge on any atom is -0.379 e. The van der Waals surface area contributed by atoms with E-state index < -0.39 is 41.8 Å². The molecule has 0 aliphatic carbocycles. The van der Waals surface area contributed by atoms with Crippen molar-refractivity contribution < 1.29 is 40.7 Å². The summed E-state index contributed by atoms with van der Waals surface area (Å²) in [4.78, 5) is 39.5. The van der Waals surface area contributed by atoms with E-state index in [9.17, 15) is 35.9 Å². The number of carbonyl (C=O) groups is 2. The van der Waals surface area contributed by atoms with Gasteiger partial charge in [-0.1, -0.05) is 0 Å². The second-order valence-electron chi connectivity index (χ2n) is 9.88. The summed E-state index contributed by atoms with van der Waals surface area (Å²) in [6.07, 6.45) is -4.40. The Bertz CT molecular complexity index is 1180. The lowest BCUT2D eigenvalue weighted by Gasteiger charge is -2.36. The first kappa shape index (κ1) is 31.4. The Balaban J connectivity index is 1.26. The van der Waals surface area contributed by atoms with Crippen LogP contribution in [0.25, 0.3) is 0 Å². The van der Waals surface area contributed by atoms with Gasteiger partial charge in [0.1, 0.15) is 0 Å². The van der Waals surface area contributed by atoms with Gasteiger partial charge in [0.2, 0.25) is 17.8 Å². The highest BCUT2D eigenvalue weighted by molar-refractivity contribution is 5.80. The fourth-order valence-electron chi connectivity index (χ4n) is 4.76. The number of hydrogen-bond acceptors (Lipinski definition) is 9. The first-order valence-electron chi connectivity index (χ1n) is 13.2. The molecule has 230 valence electrons. The van der Waals surface area contributed by atoms with Crippen LogP contribution >= 0.6 is 0 Å². The van der Waals surface area contributed by atoms with Crippen molar-refractivity contribution in [2.75, 3.05) is 50.8 Å². The van der Waals surface area contributed by atoms with Gasteiger partial charge < -0.3 is 19.9 Å². The summed E-state index contributed by atoms with van der Waals surface area (Å²) < 4.78 is 84.7. The van der Waals surface area contributed by atoms with Gasteiger partial charge in [-0.05, 0) is 24.1 Å². The van der Waals surface area contributed by atoms with Gasteiger partial charge in [-0.3, -0.25) is 20.0 Å². The van der Waals surface area contributed by atoms with Crippen molar-refractivity contribution in [1.82, 2.24) is 36.0 Å². The largest absolute Gasteiger partial charge is 0.419 e. The van der Waals surface area contributed by atoms with Crippen LogP contribution in [0, 0.1) is 5.92 Å². The molecule has 2 saturated heterocycles. The number of pyridine rings is 1. The highest BCUT2D eigenvalue weighted by Crippen LogP contribution is 2.31. The zero-order valence-corrected chi connectivity index (χ0v) is 22.3. The van der Waals surface area contributed by atoms with Crippen molar-refractivity contribution in [3.05, 3.63) is 48.0 Å². The van der Waals surface area contributed by atoms with E-state index in [2.05, 4.69) is 25.7 Å². The van der Waals surface area contributed by atoms with E-state index in [0.29, 0.717) is 32.6 Å². The van der Waals surface area contributed by atoms with E-state index in [1.165, 1.54) is 0 Å². The van der Waals surface area contributed by atoms with Gasteiger partial charge in [0, 0.05) is 69.6 Å². The van der Waals surface area contributed by atoms with Crippen LogP contribution in [0.1, 0.15) is 17.5 Å². The molecule has 3 N–H and O–H groups in total. The molecule has 0 aromatic carbocycles. The Morgan fingerprint density at radius 2 is 1.74 bits per heavy atom. The molecule has 11 nitrogen and oxygen atoms in total. The molecule has 2 aromatic rings. The highest BCUT2D eigenvalue weighted by Gasteiger charge is 2.51. The number of halogens is 6. The van der Waals surface area contributed by atoms with Gasteiger partial charge in [-0.2, -0.15) is 26.3 Å².